The van der Waals surface area contributed by atoms with Crippen molar-refractivity contribution in [1.82, 2.24) is 14.7 Å². The Kier molecular flexibility index (Phi) is 7.95. The Labute approximate surface area is 219 Å². The van der Waals surface area contributed by atoms with Gasteiger partial charge in [0.05, 0.1) is 13.2 Å². The van der Waals surface area contributed by atoms with Crippen LogP contribution in [-0.2, 0) is 9.59 Å². The summed E-state index contributed by atoms with van der Waals surface area (Å²) in [5, 5.41) is 15.0. The number of benzene rings is 2. The van der Waals surface area contributed by atoms with Gasteiger partial charge in [0.2, 0.25) is 5.91 Å². The number of carboxylic acid groups (broad SMARTS) is 1. The normalized spacial score (nSPS) is 16.0. The number of carbonyl (C=O) groups is 3. The summed E-state index contributed by atoms with van der Waals surface area (Å²) in [5.74, 6) is 1.96. The summed E-state index contributed by atoms with van der Waals surface area (Å²) in [4.78, 5) is 34.6. The summed E-state index contributed by atoms with van der Waals surface area (Å²) in [7, 11) is 1.56. The molecular weight excluding hydrogens is 490 g/mol. The topological polar surface area (TPSA) is 149 Å². The van der Waals surface area contributed by atoms with Gasteiger partial charge in [0, 0.05) is 31.1 Å². The number of nitrogens with two attached hydrogens (primary N) is 1. The summed E-state index contributed by atoms with van der Waals surface area (Å²) in [6.07, 6.45) is 2.17. The maximum atomic E-state index is 12.5. The second kappa shape index (κ2) is 11.5. The summed E-state index contributed by atoms with van der Waals surface area (Å²) < 4.78 is 13.4. The first kappa shape index (κ1) is 26.3. The second-order valence-corrected chi connectivity index (χ2v) is 8.76. The number of amides is 2. The average Bonchev–Trinajstić information content (AvgIpc) is 3.30. The lowest BCUT2D eigenvalue weighted by Gasteiger charge is -2.44. The number of likely N-dealkylation sites (tertiary alicyclic amines) is 1. The second-order valence-electron chi connectivity index (χ2n) is 8.76. The minimum Gasteiger partial charge on any atom is -0.493 e. The molecular formula is C27H29N5O6. The molecule has 4 N–H and O–H groups in total. The number of anilines is 1. The summed E-state index contributed by atoms with van der Waals surface area (Å²) >= 11 is 0. The number of rotatable bonds is 7. The monoisotopic (exact) mass is 519 g/mol. The van der Waals surface area contributed by atoms with Crippen LogP contribution in [0.4, 0.5) is 5.82 Å². The van der Waals surface area contributed by atoms with Crippen LogP contribution in [0.1, 0.15) is 22.8 Å². The summed E-state index contributed by atoms with van der Waals surface area (Å²) in [6, 6.07) is 14.9. The zero-order valence-electron chi connectivity index (χ0n) is 20.9. The van der Waals surface area contributed by atoms with Crippen molar-refractivity contribution < 1.29 is 29.0 Å². The summed E-state index contributed by atoms with van der Waals surface area (Å²) in [5.41, 5.74) is 7.33. The molecule has 2 aliphatic rings. The van der Waals surface area contributed by atoms with Crippen molar-refractivity contribution in [2.24, 2.45) is 11.7 Å². The van der Waals surface area contributed by atoms with Crippen molar-refractivity contribution in [2.75, 3.05) is 32.1 Å². The van der Waals surface area contributed by atoms with Crippen molar-refractivity contribution in [2.45, 2.75) is 12.5 Å². The van der Waals surface area contributed by atoms with Gasteiger partial charge in [-0.2, -0.15) is 5.10 Å². The smallest absolute Gasteiger partial charge is 0.290 e. The molecule has 1 aromatic heterocycles. The third-order valence-corrected chi connectivity index (χ3v) is 6.55. The van der Waals surface area contributed by atoms with Crippen molar-refractivity contribution in [1.29, 1.82) is 0 Å². The molecule has 1 unspecified atom stereocenters. The molecule has 0 saturated carbocycles. The van der Waals surface area contributed by atoms with Gasteiger partial charge in [-0.25, -0.2) is 4.68 Å². The number of carbonyl (C=O) groups excluding carboxylic acids is 2. The predicted molar refractivity (Wildman–Crippen MR) is 140 cm³/mol. The van der Waals surface area contributed by atoms with Gasteiger partial charge in [0.15, 0.2) is 11.5 Å². The van der Waals surface area contributed by atoms with Crippen molar-refractivity contribution in [3.05, 3.63) is 66.7 Å². The molecule has 0 bridgehead atoms. The van der Waals surface area contributed by atoms with Gasteiger partial charge in [-0.15, -0.1) is 0 Å². The number of primary amides is 1. The van der Waals surface area contributed by atoms with Crippen LogP contribution >= 0.6 is 0 Å². The van der Waals surface area contributed by atoms with Crippen molar-refractivity contribution >= 4 is 24.1 Å². The number of nitrogens with zero attached hydrogens (tertiary/aromatic N) is 3. The SMILES string of the molecule is C=CC(=O)N1CC(C2CCNc3c(C(N)=O)c(-c4ccc(Oc5ccccc5)c(OC)c4)nn32)C1.O=CO. The number of para-hydroxylation sites is 1. The van der Waals surface area contributed by atoms with Crippen LogP contribution in [-0.4, -0.2) is 64.8 Å². The molecule has 38 heavy (non-hydrogen) atoms. The Morgan fingerprint density at radius 1 is 1.18 bits per heavy atom. The van der Waals surface area contributed by atoms with E-state index in [2.05, 4.69) is 11.9 Å². The minimum atomic E-state index is -0.560. The Balaban J connectivity index is 0.00000107. The van der Waals surface area contributed by atoms with E-state index in [0.717, 1.165) is 6.42 Å². The van der Waals surface area contributed by atoms with Gasteiger partial charge in [0.1, 0.15) is 22.8 Å². The van der Waals surface area contributed by atoms with Gasteiger partial charge in [-0.1, -0.05) is 24.8 Å². The third-order valence-electron chi connectivity index (χ3n) is 6.55. The molecule has 3 aromatic rings. The first-order valence-corrected chi connectivity index (χ1v) is 12.0. The zero-order chi connectivity index (χ0) is 27.2. The highest BCUT2D eigenvalue weighted by molar-refractivity contribution is 6.04. The average molecular weight is 520 g/mol. The van der Waals surface area contributed by atoms with E-state index in [-0.39, 0.29) is 24.3 Å². The highest BCUT2D eigenvalue weighted by atomic mass is 16.5. The number of fused-ring (bicyclic) bond motifs is 1. The van der Waals surface area contributed by atoms with E-state index in [0.29, 0.717) is 59.5 Å². The van der Waals surface area contributed by atoms with Crippen LogP contribution in [0.25, 0.3) is 11.3 Å². The molecule has 0 spiro atoms. The quantitative estimate of drug-likeness (QED) is 0.318. The molecule has 11 heteroatoms. The molecule has 3 heterocycles. The first-order chi connectivity index (χ1) is 18.4. The fourth-order valence-electron chi connectivity index (χ4n) is 4.76. The highest BCUT2D eigenvalue weighted by Gasteiger charge is 2.40. The number of aromatic nitrogens is 2. The molecule has 2 aliphatic heterocycles. The minimum absolute atomic E-state index is 0.0505. The molecule has 1 saturated heterocycles. The van der Waals surface area contributed by atoms with E-state index in [4.69, 9.17) is 30.2 Å². The number of methoxy groups -OCH3 is 1. The van der Waals surface area contributed by atoms with E-state index >= 15 is 0 Å². The van der Waals surface area contributed by atoms with Crippen LogP contribution in [0, 0.1) is 5.92 Å². The van der Waals surface area contributed by atoms with E-state index in [1.54, 1.807) is 24.1 Å². The Bertz CT molecular complexity index is 1330. The van der Waals surface area contributed by atoms with E-state index < -0.39 is 5.91 Å². The Hall–Kier alpha value is -4.80. The number of nitrogens with one attached hydrogen (secondary N) is 1. The van der Waals surface area contributed by atoms with E-state index in [1.165, 1.54) is 6.08 Å². The van der Waals surface area contributed by atoms with Gasteiger partial charge >= 0.3 is 0 Å². The fourth-order valence-corrected chi connectivity index (χ4v) is 4.76. The predicted octanol–water partition coefficient (Wildman–Crippen LogP) is 3.15. The summed E-state index contributed by atoms with van der Waals surface area (Å²) in [6.45, 7) is 5.27. The fraction of sp³-hybridized carbons (Fsp3) is 0.259. The maximum absolute atomic E-state index is 12.5. The lowest BCUT2D eigenvalue weighted by Crippen LogP contribution is -2.53. The molecule has 2 amide bonds. The number of ether oxygens (including phenoxy) is 2. The van der Waals surface area contributed by atoms with Gasteiger partial charge in [-0.3, -0.25) is 14.4 Å². The maximum Gasteiger partial charge on any atom is 0.290 e. The Morgan fingerprint density at radius 2 is 1.89 bits per heavy atom. The Morgan fingerprint density at radius 3 is 2.53 bits per heavy atom. The zero-order valence-corrected chi connectivity index (χ0v) is 20.9. The highest BCUT2D eigenvalue weighted by Crippen LogP contribution is 2.41. The van der Waals surface area contributed by atoms with E-state index in [1.807, 2.05) is 41.1 Å². The third kappa shape index (κ3) is 5.17. The largest absolute Gasteiger partial charge is 0.493 e. The van der Waals surface area contributed by atoms with Crippen LogP contribution in [0.2, 0.25) is 0 Å². The van der Waals surface area contributed by atoms with Crippen LogP contribution < -0.4 is 20.5 Å². The van der Waals surface area contributed by atoms with Gasteiger partial charge < -0.3 is 30.5 Å². The molecule has 198 valence electrons. The molecule has 5 rings (SSSR count). The van der Waals surface area contributed by atoms with Crippen LogP contribution in [0.3, 0.4) is 0 Å². The van der Waals surface area contributed by atoms with Crippen molar-refractivity contribution in [3.63, 3.8) is 0 Å². The first-order valence-electron chi connectivity index (χ1n) is 12.0. The number of hydrogen-bond donors (Lipinski definition) is 3. The standard InChI is InChI=1S/C26H27N5O4.CH2O2/c1-3-22(32)30-14-17(15-30)19-11-12-28-26-23(25(27)33)24(29-31(19)26)16-9-10-20(21(13-16)34-2)35-18-7-5-4-6-8-18;2-1-3/h3-10,13,17,19,28H,1,11-12,14-15H2,2H3,(H2,27,33);1H,(H,2,3). The molecule has 2 aromatic carbocycles. The van der Waals surface area contributed by atoms with Crippen LogP contribution in [0.15, 0.2) is 61.2 Å². The van der Waals surface area contributed by atoms with Gasteiger partial charge in [-0.05, 0) is 42.8 Å². The lowest BCUT2D eigenvalue weighted by atomic mass is 9.88. The lowest BCUT2D eigenvalue weighted by molar-refractivity contribution is -0.133. The van der Waals surface area contributed by atoms with Crippen LogP contribution in [0.5, 0.6) is 17.2 Å². The molecule has 0 aliphatic carbocycles. The van der Waals surface area contributed by atoms with Gasteiger partial charge in [0.25, 0.3) is 12.4 Å². The van der Waals surface area contributed by atoms with Crippen molar-refractivity contribution in [3.8, 4) is 28.5 Å². The molecule has 1 atom stereocenters. The molecule has 1 fully saturated rings. The number of hydrogen-bond acceptors (Lipinski definition) is 7. The van der Waals surface area contributed by atoms with E-state index in [9.17, 15) is 9.59 Å². The molecule has 0 radical (unpaired) electrons. The molecule has 11 nitrogen and oxygen atoms in total.